The van der Waals surface area contributed by atoms with Crippen molar-refractivity contribution in [3.05, 3.63) is 34.3 Å². The molecule has 1 aromatic rings. The second-order valence-electron chi connectivity index (χ2n) is 5.63. The molecule has 0 amide bonds. The SMILES string of the molecule is CCNC(Cc1ccc(C)cc1Cl)C1CCS(=O)(=O)C1. The lowest BCUT2D eigenvalue weighted by Gasteiger charge is -2.24. The van der Waals surface area contributed by atoms with E-state index in [0.717, 1.165) is 35.5 Å². The number of benzene rings is 1. The third-order valence-electron chi connectivity index (χ3n) is 3.95. The van der Waals surface area contributed by atoms with Crippen LogP contribution in [0.25, 0.3) is 0 Å². The molecule has 1 N–H and O–H groups in total. The predicted octanol–water partition coefficient (Wildman–Crippen LogP) is 2.60. The Morgan fingerprint density at radius 1 is 1.45 bits per heavy atom. The summed E-state index contributed by atoms with van der Waals surface area (Å²) in [6, 6.07) is 6.24. The molecular formula is C15H22ClNO2S. The first-order valence-corrected chi connectivity index (χ1v) is 9.30. The summed E-state index contributed by atoms with van der Waals surface area (Å²) in [5.41, 5.74) is 2.23. The van der Waals surface area contributed by atoms with Crippen molar-refractivity contribution in [2.75, 3.05) is 18.1 Å². The van der Waals surface area contributed by atoms with Crippen molar-refractivity contribution in [1.29, 1.82) is 0 Å². The van der Waals surface area contributed by atoms with Crippen LogP contribution >= 0.6 is 11.6 Å². The molecule has 1 saturated heterocycles. The van der Waals surface area contributed by atoms with Crippen LogP contribution in [0.1, 0.15) is 24.5 Å². The van der Waals surface area contributed by atoms with Crippen LogP contribution in [0.3, 0.4) is 0 Å². The largest absolute Gasteiger partial charge is 0.314 e. The van der Waals surface area contributed by atoms with Crippen molar-refractivity contribution in [1.82, 2.24) is 5.32 Å². The van der Waals surface area contributed by atoms with Gasteiger partial charge in [0.25, 0.3) is 0 Å². The fourth-order valence-electron chi connectivity index (χ4n) is 2.86. The number of nitrogens with one attached hydrogen (secondary N) is 1. The van der Waals surface area contributed by atoms with Gasteiger partial charge in [-0.05, 0) is 49.4 Å². The number of halogens is 1. The molecule has 0 bridgehead atoms. The van der Waals surface area contributed by atoms with Crippen LogP contribution < -0.4 is 5.32 Å². The highest BCUT2D eigenvalue weighted by Gasteiger charge is 2.33. The molecule has 0 radical (unpaired) electrons. The molecule has 1 heterocycles. The van der Waals surface area contributed by atoms with Gasteiger partial charge in [0.05, 0.1) is 11.5 Å². The van der Waals surface area contributed by atoms with Gasteiger partial charge in [0.15, 0.2) is 9.84 Å². The average Bonchev–Trinajstić information content (AvgIpc) is 2.72. The Hall–Kier alpha value is -0.580. The summed E-state index contributed by atoms with van der Waals surface area (Å²) in [4.78, 5) is 0. The van der Waals surface area contributed by atoms with Gasteiger partial charge in [-0.15, -0.1) is 0 Å². The van der Waals surface area contributed by atoms with Gasteiger partial charge in [-0.1, -0.05) is 30.7 Å². The van der Waals surface area contributed by atoms with E-state index in [2.05, 4.69) is 11.4 Å². The van der Waals surface area contributed by atoms with Crippen LogP contribution in [0.15, 0.2) is 18.2 Å². The maximum absolute atomic E-state index is 11.7. The van der Waals surface area contributed by atoms with Gasteiger partial charge in [-0.25, -0.2) is 8.42 Å². The Bertz CT molecular complexity index is 571. The van der Waals surface area contributed by atoms with Crippen molar-refractivity contribution in [3.63, 3.8) is 0 Å². The zero-order chi connectivity index (χ0) is 14.8. The van der Waals surface area contributed by atoms with Crippen molar-refractivity contribution in [3.8, 4) is 0 Å². The molecule has 5 heteroatoms. The summed E-state index contributed by atoms with van der Waals surface area (Å²) in [5, 5.41) is 4.20. The van der Waals surface area contributed by atoms with E-state index in [0.29, 0.717) is 11.5 Å². The first kappa shape index (κ1) is 15.8. The van der Waals surface area contributed by atoms with E-state index in [4.69, 9.17) is 11.6 Å². The number of hydrogen-bond acceptors (Lipinski definition) is 3. The lowest BCUT2D eigenvalue weighted by molar-refractivity contribution is 0.386. The van der Waals surface area contributed by atoms with Crippen LogP contribution in [0.5, 0.6) is 0 Å². The van der Waals surface area contributed by atoms with Crippen molar-refractivity contribution in [2.45, 2.75) is 32.7 Å². The highest BCUT2D eigenvalue weighted by atomic mass is 35.5. The molecule has 112 valence electrons. The lowest BCUT2D eigenvalue weighted by atomic mass is 9.92. The maximum Gasteiger partial charge on any atom is 0.150 e. The summed E-state index contributed by atoms with van der Waals surface area (Å²) in [5.74, 6) is 0.812. The molecule has 0 aromatic heterocycles. The molecule has 1 fully saturated rings. The molecular weight excluding hydrogens is 294 g/mol. The summed E-state index contributed by atoms with van der Waals surface area (Å²) in [7, 11) is -2.84. The highest BCUT2D eigenvalue weighted by Crippen LogP contribution is 2.26. The summed E-state index contributed by atoms with van der Waals surface area (Å²) in [6.07, 6.45) is 1.54. The van der Waals surface area contributed by atoms with Gasteiger partial charge in [-0.3, -0.25) is 0 Å². The molecule has 2 unspecified atom stereocenters. The monoisotopic (exact) mass is 315 g/mol. The Labute approximate surface area is 126 Å². The molecule has 3 nitrogen and oxygen atoms in total. The fourth-order valence-corrected chi connectivity index (χ4v) is 5.06. The van der Waals surface area contributed by atoms with Crippen LogP contribution in [0.4, 0.5) is 0 Å². The molecule has 2 rings (SSSR count). The molecule has 0 aliphatic carbocycles. The lowest BCUT2D eigenvalue weighted by Crippen LogP contribution is -2.38. The van der Waals surface area contributed by atoms with E-state index >= 15 is 0 Å². The Balaban J connectivity index is 2.13. The second kappa shape index (κ2) is 6.46. The second-order valence-corrected chi connectivity index (χ2v) is 8.26. The van der Waals surface area contributed by atoms with E-state index in [1.54, 1.807) is 0 Å². The zero-order valence-corrected chi connectivity index (χ0v) is 13.6. The zero-order valence-electron chi connectivity index (χ0n) is 12.0. The van der Waals surface area contributed by atoms with Gasteiger partial charge >= 0.3 is 0 Å². The minimum absolute atomic E-state index is 0.178. The van der Waals surface area contributed by atoms with E-state index in [-0.39, 0.29) is 12.0 Å². The Morgan fingerprint density at radius 3 is 2.75 bits per heavy atom. The first-order valence-electron chi connectivity index (χ1n) is 7.10. The summed E-state index contributed by atoms with van der Waals surface area (Å²) < 4.78 is 23.3. The molecule has 0 saturated carbocycles. The average molecular weight is 316 g/mol. The number of sulfone groups is 1. The van der Waals surface area contributed by atoms with Gasteiger partial charge in [0.1, 0.15) is 0 Å². The van der Waals surface area contributed by atoms with Crippen LogP contribution in [0, 0.1) is 12.8 Å². The van der Waals surface area contributed by atoms with E-state index in [9.17, 15) is 8.42 Å². The number of hydrogen-bond donors (Lipinski definition) is 1. The van der Waals surface area contributed by atoms with E-state index in [1.807, 2.05) is 26.0 Å². The van der Waals surface area contributed by atoms with Crippen molar-refractivity contribution < 1.29 is 8.42 Å². The van der Waals surface area contributed by atoms with Crippen LogP contribution in [-0.4, -0.2) is 32.5 Å². The maximum atomic E-state index is 11.7. The first-order chi connectivity index (χ1) is 9.41. The molecule has 0 spiro atoms. The van der Waals surface area contributed by atoms with E-state index < -0.39 is 9.84 Å². The summed E-state index contributed by atoms with van der Waals surface area (Å²) in [6.45, 7) is 4.90. The normalized spacial score (nSPS) is 22.9. The third-order valence-corrected chi connectivity index (χ3v) is 6.10. The fraction of sp³-hybridized carbons (Fsp3) is 0.600. The molecule has 2 atom stereocenters. The Morgan fingerprint density at radius 2 is 2.20 bits per heavy atom. The highest BCUT2D eigenvalue weighted by molar-refractivity contribution is 7.91. The summed E-state index contributed by atoms with van der Waals surface area (Å²) >= 11 is 6.29. The molecule has 1 aromatic carbocycles. The van der Waals surface area contributed by atoms with Gasteiger partial charge in [0, 0.05) is 11.1 Å². The minimum Gasteiger partial charge on any atom is -0.314 e. The number of likely N-dealkylation sites (N-methyl/N-ethyl adjacent to an activating group) is 1. The van der Waals surface area contributed by atoms with Crippen molar-refractivity contribution >= 4 is 21.4 Å². The molecule has 20 heavy (non-hydrogen) atoms. The van der Waals surface area contributed by atoms with Crippen LogP contribution in [-0.2, 0) is 16.3 Å². The number of rotatable bonds is 5. The quantitative estimate of drug-likeness (QED) is 0.908. The smallest absolute Gasteiger partial charge is 0.150 e. The Kier molecular flexibility index (Phi) is 5.10. The molecule has 1 aliphatic rings. The van der Waals surface area contributed by atoms with Gasteiger partial charge in [-0.2, -0.15) is 0 Å². The topological polar surface area (TPSA) is 46.2 Å². The van der Waals surface area contributed by atoms with Crippen LogP contribution in [0.2, 0.25) is 5.02 Å². The standard InChI is InChI=1S/C15H22ClNO2S/c1-3-17-15(13-6-7-20(18,19)10-13)9-12-5-4-11(2)8-14(12)16/h4-5,8,13,15,17H,3,6-7,9-10H2,1-2H3. The molecule has 1 aliphatic heterocycles. The van der Waals surface area contributed by atoms with E-state index in [1.165, 1.54) is 0 Å². The third kappa shape index (κ3) is 3.96. The predicted molar refractivity (Wildman–Crippen MR) is 84.1 cm³/mol. The minimum atomic E-state index is -2.84. The van der Waals surface area contributed by atoms with Crippen molar-refractivity contribution in [2.24, 2.45) is 5.92 Å². The van der Waals surface area contributed by atoms with Gasteiger partial charge < -0.3 is 5.32 Å². The number of aryl methyl sites for hydroxylation is 1. The van der Waals surface area contributed by atoms with Gasteiger partial charge in [0.2, 0.25) is 0 Å².